The average Bonchev–Trinajstić information content (AvgIpc) is 3.35. The molecule has 5 heteroatoms. The number of fused-ring (bicyclic) bond motifs is 1. The first-order chi connectivity index (χ1) is 13.8. The third kappa shape index (κ3) is 3.73. The van der Waals surface area contributed by atoms with Crippen molar-refractivity contribution in [2.75, 3.05) is 19.7 Å². The van der Waals surface area contributed by atoms with Gasteiger partial charge in [0.25, 0.3) is 0 Å². The van der Waals surface area contributed by atoms with Gasteiger partial charge in [-0.3, -0.25) is 4.90 Å². The molecule has 0 unspecified atom stereocenters. The number of aromatic nitrogens is 3. The van der Waals surface area contributed by atoms with E-state index >= 15 is 0 Å². The van der Waals surface area contributed by atoms with Gasteiger partial charge in [-0.1, -0.05) is 54.6 Å². The predicted molar refractivity (Wildman–Crippen MR) is 108 cm³/mol. The molecule has 1 atom stereocenters. The third-order valence-corrected chi connectivity index (χ3v) is 5.90. The van der Waals surface area contributed by atoms with Crippen LogP contribution in [0.25, 0.3) is 0 Å². The summed E-state index contributed by atoms with van der Waals surface area (Å²) in [5.41, 5.74) is 4.24. The molecule has 2 heterocycles. The van der Waals surface area contributed by atoms with E-state index < -0.39 is 0 Å². The Morgan fingerprint density at radius 1 is 0.964 bits per heavy atom. The summed E-state index contributed by atoms with van der Waals surface area (Å²) in [4.78, 5) is 7.06. The number of morpholine rings is 1. The van der Waals surface area contributed by atoms with Gasteiger partial charge in [0, 0.05) is 26.1 Å². The Bertz CT molecular complexity index is 898. The first kappa shape index (κ1) is 17.6. The molecule has 1 aliphatic heterocycles. The molecule has 0 spiro atoms. The number of nitrogens with zero attached hydrogens (tertiary/aromatic N) is 4. The highest BCUT2D eigenvalue weighted by molar-refractivity contribution is 5.32. The molecule has 3 aromatic rings. The topological polar surface area (TPSA) is 43.2 Å². The highest BCUT2D eigenvalue weighted by Gasteiger charge is 2.27. The van der Waals surface area contributed by atoms with Crippen molar-refractivity contribution >= 4 is 0 Å². The van der Waals surface area contributed by atoms with Gasteiger partial charge in [-0.2, -0.15) is 5.10 Å². The van der Waals surface area contributed by atoms with E-state index in [0.29, 0.717) is 6.04 Å². The minimum absolute atomic E-state index is 0.171. The van der Waals surface area contributed by atoms with Crippen LogP contribution in [0.1, 0.15) is 28.6 Å². The lowest BCUT2D eigenvalue weighted by Gasteiger charge is -2.33. The molecule has 0 amide bonds. The van der Waals surface area contributed by atoms with E-state index in [1.807, 2.05) is 0 Å². The third-order valence-electron chi connectivity index (χ3n) is 5.90. The van der Waals surface area contributed by atoms with E-state index in [1.165, 1.54) is 16.7 Å². The fourth-order valence-electron chi connectivity index (χ4n) is 4.53. The molecule has 0 radical (unpaired) electrons. The van der Waals surface area contributed by atoms with Gasteiger partial charge in [0.1, 0.15) is 12.2 Å². The average molecular weight is 374 g/mol. The van der Waals surface area contributed by atoms with E-state index in [1.54, 1.807) is 6.33 Å². The maximum absolute atomic E-state index is 6.08. The molecule has 0 N–H and O–H groups in total. The Morgan fingerprint density at radius 3 is 2.50 bits per heavy atom. The van der Waals surface area contributed by atoms with Crippen LogP contribution in [0.4, 0.5) is 0 Å². The SMILES string of the molecule is c1ccc(CN2CCO[C@@H](Cc3ncnn3C3Cc4ccccc4C3)C2)cc1. The van der Waals surface area contributed by atoms with Crippen molar-refractivity contribution in [1.29, 1.82) is 0 Å². The van der Waals surface area contributed by atoms with E-state index in [4.69, 9.17) is 4.74 Å². The molecule has 5 nitrogen and oxygen atoms in total. The van der Waals surface area contributed by atoms with Gasteiger partial charge in [0.05, 0.1) is 18.8 Å². The second-order valence-electron chi connectivity index (χ2n) is 7.87. The van der Waals surface area contributed by atoms with Crippen molar-refractivity contribution in [2.45, 2.75) is 38.0 Å². The smallest absolute Gasteiger partial charge is 0.138 e. The standard InChI is InChI=1S/C23H26N4O/c1-2-6-18(7-3-1)15-26-10-11-28-22(16-26)14-23-24-17-25-27(23)21-12-19-8-4-5-9-20(19)13-21/h1-9,17,21-22H,10-16H2/t22-/m0/s1. The van der Waals surface area contributed by atoms with Gasteiger partial charge in [0.2, 0.25) is 0 Å². The van der Waals surface area contributed by atoms with Crippen molar-refractivity contribution < 1.29 is 4.74 Å². The van der Waals surface area contributed by atoms with Crippen LogP contribution < -0.4 is 0 Å². The largest absolute Gasteiger partial charge is 0.375 e. The molecule has 1 saturated heterocycles. The summed E-state index contributed by atoms with van der Waals surface area (Å²) < 4.78 is 8.21. The Labute approximate surface area is 166 Å². The molecule has 5 rings (SSSR count). The van der Waals surface area contributed by atoms with E-state index in [-0.39, 0.29) is 6.10 Å². The summed E-state index contributed by atoms with van der Waals surface area (Å²) in [5.74, 6) is 1.05. The zero-order valence-corrected chi connectivity index (χ0v) is 16.1. The van der Waals surface area contributed by atoms with Gasteiger partial charge >= 0.3 is 0 Å². The zero-order valence-electron chi connectivity index (χ0n) is 16.1. The lowest BCUT2D eigenvalue weighted by atomic mass is 10.1. The molecule has 2 aromatic carbocycles. The minimum Gasteiger partial charge on any atom is -0.375 e. The van der Waals surface area contributed by atoms with Crippen LogP contribution >= 0.6 is 0 Å². The molecular formula is C23H26N4O. The molecule has 0 bridgehead atoms. The summed E-state index contributed by atoms with van der Waals surface area (Å²) in [6.45, 7) is 3.68. The predicted octanol–water partition coefficient (Wildman–Crippen LogP) is 3.06. The van der Waals surface area contributed by atoms with Crippen LogP contribution in [0.3, 0.4) is 0 Å². The Balaban J connectivity index is 1.24. The summed E-state index contributed by atoms with van der Waals surface area (Å²) >= 11 is 0. The zero-order chi connectivity index (χ0) is 18.8. The molecule has 2 aliphatic rings. The van der Waals surface area contributed by atoms with E-state index in [2.05, 4.69) is 74.3 Å². The maximum Gasteiger partial charge on any atom is 0.138 e. The van der Waals surface area contributed by atoms with Crippen LogP contribution in [0.15, 0.2) is 60.9 Å². The molecule has 1 fully saturated rings. The Kier molecular flexibility index (Phi) is 4.93. The van der Waals surface area contributed by atoms with Crippen molar-refractivity contribution in [1.82, 2.24) is 19.7 Å². The summed E-state index contributed by atoms with van der Waals surface area (Å²) in [6, 6.07) is 19.8. The monoisotopic (exact) mass is 374 g/mol. The Hall–Kier alpha value is -2.50. The summed E-state index contributed by atoms with van der Waals surface area (Å²) in [6.07, 6.45) is 4.77. The number of ether oxygens (including phenoxy) is 1. The van der Waals surface area contributed by atoms with Crippen LogP contribution in [-0.4, -0.2) is 45.5 Å². The van der Waals surface area contributed by atoms with Gasteiger partial charge in [-0.05, 0) is 29.5 Å². The molecule has 1 aliphatic carbocycles. The normalized spacial score (nSPS) is 20.4. The van der Waals surface area contributed by atoms with Crippen molar-refractivity contribution in [3.63, 3.8) is 0 Å². The Morgan fingerprint density at radius 2 is 1.71 bits per heavy atom. The van der Waals surface area contributed by atoms with Crippen LogP contribution in [0, 0.1) is 0 Å². The van der Waals surface area contributed by atoms with Gasteiger partial charge < -0.3 is 4.74 Å². The van der Waals surface area contributed by atoms with Gasteiger partial charge in [-0.25, -0.2) is 9.67 Å². The van der Waals surface area contributed by atoms with Crippen molar-refractivity contribution in [3.05, 3.63) is 83.4 Å². The quantitative estimate of drug-likeness (QED) is 0.688. The number of benzene rings is 2. The molecule has 28 heavy (non-hydrogen) atoms. The fraction of sp³-hybridized carbons (Fsp3) is 0.391. The fourth-order valence-corrected chi connectivity index (χ4v) is 4.53. The van der Waals surface area contributed by atoms with Crippen LogP contribution in [0.5, 0.6) is 0 Å². The number of hydrogen-bond acceptors (Lipinski definition) is 4. The summed E-state index contributed by atoms with van der Waals surface area (Å²) in [5, 5.41) is 4.57. The summed E-state index contributed by atoms with van der Waals surface area (Å²) in [7, 11) is 0. The molecular weight excluding hydrogens is 348 g/mol. The first-order valence-corrected chi connectivity index (χ1v) is 10.2. The van der Waals surface area contributed by atoms with Crippen LogP contribution in [0.2, 0.25) is 0 Å². The number of hydrogen-bond donors (Lipinski definition) is 0. The highest BCUT2D eigenvalue weighted by atomic mass is 16.5. The van der Waals surface area contributed by atoms with E-state index in [9.17, 15) is 0 Å². The second-order valence-corrected chi connectivity index (χ2v) is 7.87. The van der Waals surface area contributed by atoms with Crippen molar-refractivity contribution in [2.24, 2.45) is 0 Å². The highest BCUT2D eigenvalue weighted by Crippen LogP contribution is 2.30. The number of rotatable bonds is 5. The lowest BCUT2D eigenvalue weighted by molar-refractivity contribution is -0.0319. The van der Waals surface area contributed by atoms with Crippen LogP contribution in [-0.2, 0) is 30.5 Å². The second kappa shape index (κ2) is 7.86. The van der Waals surface area contributed by atoms with E-state index in [0.717, 1.165) is 51.3 Å². The van der Waals surface area contributed by atoms with Gasteiger partial charge in [0.15, 0.2) is 0 Å². The lowest BCUT2D eigenvalue weighted by Crippen LogP contribution is -2.43. The first-order valence-electron chi connectivity index (χ1n) is 10.2. The van der Waals surface area contributed by atoms with Gasteiger partial charge in [-0.15, -0.1) is 0 Å². The molecule has 144 valence electrons. The maximum atomic E-state index is 6.08. The minimum atomic E-state index is 0.171. The molecule has 1 aromatic heterocycles. The van der Waals surface area contributed by atoms with Crippen molar-refractivity contribution in [3.8, 4) is 0 Å². The molecule has 0 saturated carbocycles.